The molecule has 5 aliphatic carbocycles. The fourth-order valence-electron chi connectivity index (χ4n) is 9.88. The number of carbonyl (C=O) groups is 2. The lowest BCUT2D eigenvalue weighted by Crippen LogP contribution is -2.67. The van der Waals surface area contributed by atoms with E-state index in [1.807, 2.05) is 19.9 Å². The number of nitrogens with zero attached hydrogens (tertiary/aromatic N) is 1. The first-order valence-electron chi connectivity index (χ1n) is 13.7. The van der Waals surface area contributed by atoms with Crippen molar-refractivity contribution in [2.75, 3.05) is 6.61 Å². The summed E-state index contributed by atoms with van der Waals surface area (Å²) in [6.07, 6.45) is 9.19. The second kappa shape index (κ2) is 7.31. The number of ketones is 2. The van der Waals surface area contributed by atoms with E-state index in [1.54, 1.807) is 0 Å². The Hall–Kier alpha value is -1.47. The van der Waals surface area contributed by atoms with Gasteiger partial charge in [-0.3, -0.25) is 4.79 Å². The molecule has 0 aromatic heterocycles. The molecular weight excluding hydrogens is 434 g/mol. The van der Waals surface area contributed by atoms with E-state index in [-0.39, 0.29) is 62.8 Å². The summed E-state index contributed by atoms with van der Waals surface area (Å²) in [5, 5.41) is 10.6. The van der Waals surface area contributed by atoms with Gasteiger partial charge in [-0.05, 0) is 78.4 Å². The van der Waals surface area contributed by atoms with Gasteiger partial charge in [0.2, 0.25) is 5.70 Å². The van der Waals surface area contributed by atoms with Crippen LogP contribution in [0.3, 0.4) is 0 Å². The van der Waals surface area contributed by atoms with Crippen molar-refractivity contribution in [1.82, 2.24) is 0 Å². The molecule has 0 aromatic rings. The first kappa shape index (κ1) is 25.2. The number of Topliss-reactive ketones (excluding diaryl/α,β-unsaturated/α-hetero) is 2. The van der Waals surface area contributed by atoms with E-state index < -0.39 is 5.41 Å². The van der Waals surface area contributed by atoms with Crippen molar-refractivity contribution >= 4 is 11.6 Å². The van der Waals surface area contributed by atoms with Gasteiger partial charge in [-0.25, -0.2) is 4.85 Å². The van der Waals surface area contributed by atoms with Crippen LogP contribution in [-0.4, -0.2) is 23.3 Å². The minimum atomic E-state index is -0.598. The predicted octanol–water partition coefficient (Wildman–Crippen LogP) is 6.55. The normalized spacial score (nSPS) is 47.0. The highest BCUT2D eigenvalue weighted by atomic mass is 16.3. The summed E-state index contributed by atoms with van der Waals surface area (Å²) in [6.45, 7) is 23.5. The van der Waals surface area contributed by atoms with Crippen molar-refractivity contribution in [1.29, 1.82) is 0 Å². The van der Waals surface area contributed by atoms with Gasteiger partial charge >= 0.3 is 0 Å². The molecule has 190 valence electrons. The van der Waals surface area contributed by atoms with Gasteiger partial charge in [0.05, 0.1) is 12.5 Å². The Balaban J connectivity index is 1.63. The Bertz CT molecular complexity index is 1050. The van der Waals surface area contributed by atoms with Crippen LogP contribution in [0.1, 0.15) is 99.8 Å². The molecule has 6 atom stereocenters. The second-order valence-corrected chi connectivity index (χ2v) is 14.7. The van der Waals surface area contributed by atoms with Gasteiger partial charge in [-0.15, -0.1) is 0 Å². The maximum Gasteiger partial charge on any atom is 0.226 e. The SMILES string of the molecule is [C-]#[N+]C1=C[C@]2(C)[C@H]3CC(=O)[C]4[C]5CC(C)(C)CC[C@]5(CO)CC[C@@]4(C)[C@]3(C)CC[C@H]2C(C)(C)C1=O. The second-order valence-electron chi connectivity index (χ2n) is 14.7. The number of rotatable bonds is 1. The molecule has 5 aliphatic rings. The molecule has 1 N–H and O–H groups in total. The average molecular weight is 478 g/mol. The number of hydrogen-bond donors (Lipinski definition) is 1. The lowest BCUT2D eigenvalue weighted by molar-refractivity contribution is -0.176. The molecule has 2 radical (unpaired) electrons. The van der Waals surface area contributed by atoms with Crippen molar-refractivity contribution in [2.45, 2.75) is 99.8 Å². The van der Waals surface area contributed by atoms with Crippen LogP contribution in [0.5, 0.6) is 0 Å². The summed E-state index contributed by atoms with van der Waals surface area (Å²) >= 11 is 0. The number of aliphatic hydroxyl groups is 1. The summed E-state index contributed by atoms with van der Waals surface area (Å²) in [4.78, 5) is 31.1. The lowest BCUT2D eigenvalue weighted by atomic mass is 9.32. The third-order valence-corrected chi connectivity index (χ3v) is 12.2. The first-order chi connectivity index (χ1) is 16.1. The third kappa shape index (κ3) is 3.00. The molecule has 0 amide bonds. The Kier molecular flexibility index (Phi) is 5.26. The van der Waals surface area contributed by atoms with Crippen molar-refractivity contribution in [3.8, 4) is 0 Å². The fourth-order valence-corrected chi connectivity index (χ4v) is 9.88. The largest absolute Gasteiger partial charge is 0.396 e. The van der Waals surface area contributed by atoms with Crippen LogP contribution in [0.2, 0.25) is 0 Å². The van der Waals surface area contributed by atoms with Gasteiger partial charge in [0, 0.05) is 29.8 Å². The molecule has 0 saturated heterocycles. The minimum absolute atomic E-state index is 0.0374. The zero-order valence-corrected chi connectivity index (χ0v) is 22.8. The fraction of sp³-hybridized carbons (Fsp3) is 0.774. The third-order valence-electron chi connectivity index (χ3n) is 12.2. The summed E-state index contributed by atoms with van der Waals surface area (Å²) < 4.78 is 0. The van der Waals surface area contributed by atoms with Crippen LogP contribution in [-0.2, 0) is 9.59 Å². The summed E-state index contributed by atoms with van der Waals surface area (Å²) in [6, 6.07) is 0. The number of carbonyl (C=O) groups excluding carboxylic acids is 2. The maximum atomic E-state index is 14.3. The Morgan fingerprint density at radius 2 is 1.63 bits per heavy atom. The molecule has 0 heterocycles. The van der Waals surface area contributed by atoms with Crippen molar-refractivity contribution in [2.24, 2.45) is 44.3 Å². The molecule has 0 unspecified atom stereocenters. The molecule has 0 aliphatic heterocycles. The predicted molar refractivity (Wildman–Crippen MR) is 137 cm³/mol. The van der Waals surface area contributed by atoms with Gasteiger partial charge in [-0.2, -0.15) is 0 Å². The Morgan fingerprint density at radius 3 is 2.26 bits per heavy atom. The van der Waals surface area contributed by atoms with Gasteiger partial charge in [0.1, 0.15) is 5.78 Å². The molecule has 4 nitrogen and oxygen atoms in total. The van der Waals surface area contributed by atoms with Crippen LogP contribution >= 0.6 is 0 Å². The smallest absolute Gasteiger partial charge is 0.226 e. The van der Waals surface area contributed by atoms with Gasteiger partial charge in [-0.1, -0.05) is 54.5 Å². The zero-order valence-electron chi connectivity index (χ0n) is 22.8. The minimum Gasteiger partial charge on any atom is -0.396 e. The highest BCUT2D eigenvalue weighted by Gasteiger charge is 2.72. The highest BCUT2D eigenvalue weighted by Crippen LogP contribution is 2.76. The molecule has 35 heavy (non-hydrogen) atoms. The molecule has 4 heteroatoms. The molecular formula is C31H43NO3. The van der Waals surface area contributed by atoms with Crippen molar-refractivity contribution in [3.63, 3.8) is 0 Å². The number of hydrogen-bond acceptors (Lipinski definition) is 3. The van der Waals surface area contributed by atoms with Gasteiger partial charge in [0.25, 0.3) is 0 Å². The van der Waals surface area contributed by atoms with Crippen LogP contribution in [0.4, 0.5) is 0 Å². The Morgan fingerprint density at radius 1 is 0.971 bits per heavy atom. The molecule has 4 fully saturated rings. The summed E-state index contributed by atoms with van der Waals surface area (Å²) in [7, 11) is 0. The average Bonchev–Trinajstić information content (AvgIpc) is 2.77. The standard InChI is InChI=1S/C31H43NO3/c1-26(2)11-13-31(18-33)14-12-30(7)24(19(31)16-26)21(34)15-23-28(5)17-20(32-8)25(35)27(3,4)22(28)9-10-29(23,30)6/h17,22-23,33H,9-16,18H2,1-7H3/t22-,23+,28-,29+,30+,31+/m0/s1. The van der Waals surface area contributed by atoms with Crippen LogP contribution in [0, 0.1) is 62.7 Å². The lowest BCUT2D eigenvalue weighted by Gasteiger charge is -2.71. The molecule has 4 saturated carbocycles. The quantitative estimate of drug-likeness (QED) is 0.436. The summed E-state index contributed by atoms with van der Waals surface area (Å²) in [5.41, 5.74) is -1.15. The van der Waals surface area contributed by atoms with Crippen molar-refractivity contribution < 1.29 is 14.7 Å². The first-order valence-corrected chi connectivity index (χ1v) is 13.7. The van der Waals surface area contributed by atoms with Gasteiger partial charge < -0.3 is 9.90 Å². The van der Waals surface area contributed by atoms with Crippen LogP contribution in [0.15, 0.2) is 11.8 Å². The van der Waals surface area contributed by atoms with Gasteiger partial charge in [0.15, 0.2) is 5.78 Å². The monoisotopic (exact) mass is 477 g/mol. The highest BCUT2D eigenvalue weighted by molar-refractivity contribution is 6.03. The van der Waals surface area contributed by atoms with Crippen LogP contribution < -0.4 is 0 Å². The summed E-state index contributed by atoms with van der Waals surface area (Å²) in [5.74, 6) is 2.76. The van der Waals surface area contributed by atoms with Crippen molar-refractivity contribution in [3.05, 3.63) is 35.0 Å². The number of aliphatic hydroxyl groups excluding tert-OH is 1. The molecule has 0 aromatic carbocycles. The number of allylic oxidation sites excluding steroid dienone is 2. The maximum absolute atomic E-state index is 14.3. The molecule has 0 spiro atoms. The number of fused-ring (bicyclic) bond motifs is 7. The van der Waals surface area contributed by atoms with E-state index in [0.29, 0.717) is 6.42 Å². The molecule has 0 bridgehead atoms. The Labute approximate surface area is 212 Å². The van der Waals surface area contributed by atoms with E-state index in [1.165, 1.54) is 5.92 Å². The van der Waals surface area contributed by atoms with E-state index in [9.17, 15) is 14.7 Å². The van der Waals surface area contributed by atoms with E-state index in [2.05, 4.69) is 39.5 Å². The van der Waals surface area contributed by atoms with E-state index in [0.717, 1.165) is 50.9 Å². The van der Waals surface area contributed by atoms with Crippen LogP contribution in [0.25, 0.3) is 4.85 Å². The molecule has 5 rings (SSSR count). The topological polar surface area (TPSA) is 58.7 Å². The van der Waals surface area contributed by atoms with E-state index in [4.69, 9.17) is 6.57 Å². The van der Waals surface area contributed by atoms with E-state index >= 15 is 0 Å². The zero-order chi connectivity index (χ0) is 25.8.